The number of hydrogen-bond acceptors (Lipinski definition) is 9. The number of anilines is 3. The van der Waals surface area contributed by atoms with E-state index in [0.717, 1.165) is 74.3 Å². The lowest BCUT2D eigenvalue weighted by Crippen LogP contribution is -2.46. The van der Waals surface area contributed by atoms with Gasteiger partial charge in [0.05, 0.1) is 10.8 Å². The monoisotopic (exact) mass is 540 g/mol. The van der Waals surface area contributed by atoms with Gasteiger partial charge >= 0.3 is 0 Å². The highest BCUT2D eigenvalue weighted by molar-refractivity contribution is 7.13. The Morgan fingerprint density at radius 2 is 1.77 bits per heavy atom. The largest absolute Gasteiger partial charge is 0.354 e. The average molecular weight is 541 g/mol. The molecule has 0 spiro atoms. The van der Waals surface area contributed by atoms with Gasteiger partial charge in [-0.2, -0.15) is 0 Å². The quantitative estimate of drug-likeness (QED) is 0.374. The molecule has 0 bridgehead atoms. The zero-order valence-electron chi connectivity index (χ0n) is 21.8. The summed E-state index contributed by atoms with van der Waals surface area (Å²) >= 11 is 1.65. The lowest BCUT2D eigenvalue weighted by molar-refractivity contribution is -0.120. The summed E-state index contributed by atoms with van der Waals surface area (Å²) in [5.41, 5.74) is 2.21. The fourth-order valence-electron chi connectivity index (χ4n) is 5.24. The molecule has 1 aromatic carbocycles. The smallest absolute Gasteiger partial charge is 0.230 e. The molecule has 0 radical (unpaired) electrons. The van der Waals surface area contributed by atoms with Crippen LogP contribution in [-0.2, 0) is 11.3 Å². The number of hydrogen-bond donors (Lipinski definition) is 1. The first-order valence-electron chi connectivity index (χ1n) is 13.5. The maximum absolute atomic E-state index is 13.2. The van der Waals surface area contributed by atoms with Gasteiger partial charge in [-0.05, 0) is 42.0 Å². The number of carbonyl (C=O) groups is 1. The first-order valence-corrected chi connectivity index (χ1v) is 14.4. The molecular weight excluding hydrogens is 508 g/mol. The molecular formula is C29H32N8OS. The minimum absolute atomic E-state index is 0.0137. The van der Waals surface area contributed by atoms with Crippen molar-refractivity contribution in [1.82, 2.24) is 25.1 Å². The molecule has 2 fully saturated rings. The van der Waals surface area contributed by atoms with Crippen LogP contribution in [0.4, 0.5) is 17.5 Å². The van der Waals surface area contributed by atoms with Gasteiger partial charge in [0.25, 0.3) is 0 Å². The number of benzene rings is 1. The Balaban J connectivity index is 1.03. The van der Waals surface area contributed by atoms with Gasteiger partial charge in [-0.15, -0.1) is 21.5 Å². The van der Waals surface area contributed by atoms with E-state index in [-0.39, 0.29) is 11.8 Å². The molecule has 200 valence electrons. The fraction of sp³-hybridized carbons (Fsp3) is 0.345. The van der Waals surface area contributed by atoms with E-state index >= 15 is 0 Å². The van der Waals surface area contributed by atoms with Crippen LogP contribution in [0.2, 0.25) is 0 Å². The number of aromatic nitrogens is 4. The van der Waals surface area contributed by atoms with Crippen LogP contribution in [0.15, 0.2) is 72.4 Å². The summed E-state index contributed by atoms with van der Waals surface area (Å²) in [6, 6.07) is 20.5. The summed E-state index contributed by atoms with van der Waals surface area (Å²) in [6.07, 6.45) is 3.30. The minimum Gasteiger partial charge on any atom is -0.354 e. The number of thiophene rings is 1. The van der Waals surface area contributed by atoms with Crippen molar-refractivity contribution >= 4 is 34.7 Å². The van der Waals surface area contributed by atoms with E-state index in [9.17, 15) is 4.79 Å². The predicted molar refractivity (Wildman–Crippen MR) is 155 cm³/mol. The van der Waals surface area contributed by atoms with Gasteiger partial charge in [0.1, 0.15) is 23.7 Å². The van der Waals surface area contributed by atoms with Crippen molar-refractivity contribution in [1.29, 1.82) is 0 Å². The zero-order valence-corrected chi connectivity index (χ0v) is 22.6. The Bertz CT molecular complexity index is 1360. The van der Waals surface area contributed by atoms with Crippen LogP contribution in [0.1, 0.15) is 18.4 Å². The van der Waals surface area contributed by atoms with E-state index in [4.69, 9.17) is 0 Å². The van der Waals surface area contributed by atoms with Crippen LogP contribution in [0.25, 0.3) is 10.6 Å². The Labute approximate surface area is 232 Å². The van der Waals surface area contributed by atoms with Crippen molar-refractivity contribution in [3.05, 3.63) is 77.9 Å². The van der Waals surface area contributed by atoms with Crippen LogP contribution in [0.3, 0.4) is 0 Å². The average Bonchev–Trinajstić information content (AvgIpc) is 3.54. The molecule has 2 aliphatic rings. The second-order valence-electron chi connectivity index (χ2n) is 10.0. The number of piperidine rings is 1. The van der Waals surface area contributed by atoms with Crippen LogP contribution >= 0.6 is 11.3 Å². The highest BCUT2D eigenvalue weighted by atomic mass is 32.1. The van der Waals surface area contributed by atoms with Crippen molar-refractivity contribution in [2.75, 3.05) is 54.4 Å². The lowest BCUT2D eigenvalue weighted by Gasteiger charge is -2.35. The molecule has 5 heterocycles. The predicted octanol–water partition coefficient (Wildman–Crippen LogP) is 4.17. The highest BCUT2D eigenvalue weighted by Crippen LogP contribution is 2.26. The standard InChI is InChI=1S/C29H32N8OS/c38-29(23-8-4-12-37(20-23)27-11-10-24(33-34-27)25-9-5-17-39-25)32-26-18-28(31-21-30-26)36-15-13-35(14-16-36)19-22-6-2-1-3-7-22/h1-3,5-7,9-11,17-18,21,23H,4,8,12-16,19-20H2,(H,30,31,32,38). The minimum atomic E-state index is -0.141. The third-order valence-corrected chi connectivity index (χ3v) is 8.28. The summed E-state index contributed by atoms with van der Waals surface area (Å²) in [5.74, 6) is 2.06. The van der Waals surface area contributed by atoms with Crippen LogP contribution < -0.4 is 15.1 Å². The maximum Gasteiger partial charge on any atom is 0.230 e. The Kier molecular flexibility index (Phi) is 7.73. The Hall–Kier alpha value is -3.89. The molecule has 3 aromatic heterocycles. The molecule has 10 heteroatoms. The van der Waals surface area contributed by atoms with E-state index in [1.165, 1.54) is 5.56 Å². The van der Waals surface area contributed by atoms with Gasteiger partial charge in [0.2, 0.25) is 5.91 Å². The van der Waals surface area contributed by atoms with Crippen molar-refractivity contribution in [3.63, 3.8) is 0 Å². The lowest BCUT2D eigenvalue weighted by atomic mass is 9.97. The van der Waals surface area contributed by atoms with Gasteiger partial charge < -0.3 is 15.1 Å². The van der Waals surface area contributed by atoms with Gasteiger partial charge in [-0.1, -0.05) is 36.4 Å². The molecule has 2 saturated heterocycles. The van der Waals surface area contributed by atoms with Crippen molar-refractivity contribution in [3.8, 4) is 10.6 Å². The van der Waals surface area contributed by atoms with Crippen molar-refractivity contribution in [2.45, 2.75) is 19.4 Å². The second kappa shape index (κ2) is 11.9. The molecule has 6 rings (SSSR count). The van der Waals surface area contributed by atoms with Gasteiger partial charge in [-0.3, -0.25) is 9.69 Å². The van der Waals surface area contributed by atoms with Gasteiger partial charge in [0, 0.05) is 51.9 Å². The molecule has 4 aromatic rings. The number of piperazine rings is 1. The highest BCUT2D eigenvalue weighted by Gasteiger charge is 2.27. The molecule has 2 aliphatic heterocycles. The first kappa shape index (κ1) is 25.4. The van der Waals surface area contributed by atoms with E-state index in [0.29, 0.717) is 12.4 Å². The molecule has 1 amide bonds. The maximum atomic E-state index is 13.2. The Morgan fingerprint density at radius 1 is 0.897 bits per heavy atom. The number of nitrogens with one attached hydrogen (secondary N) is 1. The number of amides is 1. The summed E-state index contributed by atoms with van der Waals surface area (Å²) < 4.78 is 0. The van der Waals surface area contributed by atoms with Crippen LogP contribution in [0.5, 0.6) is 0 Å². The third kappa shape index (κ3) is 6.23. The van der Waals surface area contributed by atoms with E-state index in [2.05, 4.69) is 70.5 Å². The third-order valence-electron chi connectivity index (χ3n) is 7.39. The summed E-state index contributed by atoms with van der Waals surface area (Å²) in [5, 5.41) is 13.9. The zero-order chi connectivity index (χ0) is 26.4. The molecule has 1 atom stereocenters. The fourth-order valence-corrected chi connectivity index (χ4v) is 5.93. The first-order chi connectivity index (χ1) is 19.2. The molecule has 1 N–H and O–H groups in total. The summed E-state index contributed by atoms with van der Waals surface area (Å²) in [7, 11) is 0. The molecule has 39 heavy (non-hydrogen) atoms. The van der Waals surface area contributed by atoms with E-state index in [1.807, 2.05) is 35.7 Å². The van der Waals surface area contributed by atoms with E-state index in [1.54, 1.807) is 17.7 Å². The Morgan fingerprint density at radius 3 is 2.54 bits per heavy atom. The molecule has 0 aliphatic carbocycles. The normalized spacial score (nSPS) is 18.2. The molecule has 0 saturated carbocycles. The van der Waals surface area contributed by atoms with Gasteiger partial charge in [-0.25, -0.2) is 9.97 Å². The van der Waals surface area contributed by atoms with Crippen LogP contribution in [-0.4, -0.2) is 70.2 Å². The van der Waals surface area contributed by atoms with Crippen molar-refractivity contribution < 1.29 is 4.79 Å². The van der Waals surface area contributed by atoms with Crippen LogP contribution in [0, 0.1) is 5.92 Å². The second-order valence-corrected chi connectivity index (χ2v) is 11.0. The molecule has 9 nitrogen and oxygen atoms in total. The topological polar surface area (TPSA) is 90.4 Å². The van der Waals surface area contributed by atoms with Gasteiger partial charge in [0.15, 0.2) is 5.82 Å². The molecule has 1 unspecified atom stereocenters. The summed E-state index contributed by atoms with van der Waals surface area (Å²) in [4.78, 5) is 30.0. The number of carbonyl (C=O) groups excluding carboxylic acids is 1. The summed E-state index contributed by atoms with van der Waals surface area (Å²) in [6.45, 7) is 6.15. The SMILES string of the molecule is O=C(Nc1cc(N2CCN(Cc3ccccc3)CC2)ncn1)C1CCCN(c2ccc(-c3cccs3)nn2)C1. The number of rotatable bonds is 7. The van der Waals surface area contributed by atoms with Crippen molar-refractivity contribution in [2.24, 2.45) is 5.92 Å². The van der Waals surface area contributed by atoms with E-state index < -0.39 is 0 Å². The number of nitrogens with zero attached hydrogens (tertiary/aromatic N) is 7.